The highest BCUT2D eigenvalue weighted by Gasteiger charge is 2.32. The molecule has 0 aliphatic carbocycles. The van der Waals surface area contributed by atoms with Crippen LogP contribution in [0.25, 0.3) is 0 Å². The molecule has 1 saturated heterocycles. The van der Waals surface area contributed by atoms with E-state index in [0.717, 1.165) is 17.0 Å². The van der Waals surface area contributed by atoms with Gasteiger partial charge in [0.2, 0.25) is 5.91 Å². The van der Waals surface area contributed by atoms with Crippen LogP contribution in [0.15, 0.2) is 24.3 Å². The summed E-state index contributed by atoms with van der Waals surface area (Å²) in [5, 5.41) is 13.4. The minimum Gasteiger partial charge on any atom is -0.465 e. The lowest BCUT2D eigenvalue weighted by molar-refractivity contribution is -0.137. The van der Waals surface area contributed by atoms with Crippen molar-refractivity contribution in [2.24, 2.45) is 0 Å². The van der Waals surface area contributed by atoms with E-state index >= 15 is 0 Å². The highest BCUT2D eigenvalue weighted by molar-refractivity contribution is 5.96. The number of carbonyl (C=O) groups excluding carboxylic acids is 2. The van der Waals surface area contributed by atoms with Crippen LogP contribution in [0.2, 0.25) is 0 Å². The van der Waals surface area contributed by atoms with E-state index in [2.05, 4.69) is 10.6 Å². The minimum atomic E-state index is -4.56. The first kappa shape index (κ1) is 17.6. The first-order valence-corrected chi connectivity index (χ1v) is 6.89. The van der Waals surface area contributed by atoms with Gasteiger partial charge in [-0.25, -0.2) is 4.79 Å². The third kappa shape index (κ3) is 4.37. The number of nitrogens with zero attached hydrogens (tertiary/aromatic N) is 1. The second kappa shape index (κ2) is 6.77. The summed E-state index contributed by atoms with van der Waals surface area (Å²) in [5.74, 6) is -1.36. The zero-order valence-corrected chi connectivity index (χ0v) is 12.3. The molecule has 0 spiro atoms. The Hall–Kier alpha value is -2.78. The van der Waals surface area contributed by atoms with Gasteiger partial charge in [-0.15, -0.1) is 0 Å². The molecule has 0 bridgehead atoms. The van der Waals surface area contributed by atoms with Crippen LogP contribution in [0.4, 0.5) is 18.0 Å². The number of amides is 3. The Morgan fingerprint density at radius 1 is 1.25 bits per heavy atom. The van der Waals surface area contributed by atoms with Crippen molar-refractivity contribution in [3.8, 4) is 0 Å². The SMILES string of the molecule is O=C(CNC(=O)c1cccc(C(F)(F)F)c1)NC1CN(C(=O)O)C1. The normalized spacial score (nSPS) is 14.7. The molecule has 0 radical (unpaired) electrons. The molecule has 1 aromatic rings. The molecule has 24 heavy (non-hydrogen) atoms. The van der Waals surface area contributed by atoms with E-state index in [1.807, 2.05) is 0 Å². The van der Waals surface area contributed by atoms with E-state index in [1.54, 1.807) is 0 Å². The van der Waals surface area contributed by atoms with Crippen molar-refractivity contribution in [1.29, 1.82) is 0 Å². The lowest BCUT2D eigenvalue weighted by atomic mass is 10.1. The maximum atomic E-state index is 12.6. The van der Waals surface area contributed by atoms with Gasteiger partial charge in [-0.2, -0.15) is 13.2 Å². The molecular weight excluding hydrogens is 331 g/mol. The van der Waals surface area contributed by atoms with E-state index in [4.69, 9.17) is 5.11 Å². The topological polar surface area (TPSA) is 98.7 Å². The number of halogens is 3. The molecule has 10 heteroatoms. The molecule has 3 amide bonds. The Balaban J connectivity index is 1.81. The van der Waals surface area contributed by atoms with Crippen LogP contribution in [0.1, 0.15) is 15.9 Å². The summed E-state index contributed by atoms with van der Waals surface area (Å²) in [6.45, 7) is -0.107. The maximum absolute atomic E-state index is 12.6. The summed E-state index contributed by atoms with van der Waals surface area (Å²) in [6, 6.07) is 3.52. The summed E-state index contributed by atoms with van der Waals surface area (Å²) < 4.78 is 37.7. The molecule has 0 unspecified atom stereocenters. The Kier molecular flexibility index (Phi) is 4.96. The van der Waals surface area contributed by atoms with Gasteiger partial charge in [0.1, 0.15) is 0 Å². The second-order valence-corrected chi connectivity index (χ2v) is 5.21. The van der Waals surface area contributed by atoms with Gasteiger partial charge in [0, 0.05) is 18.7 Å². The average molecular weight is 345 g/mol. The number of carboxylic acid groups (broad SMARTS) is 1. The second-order valence-electron chi connectivity index (χ2n) is 5.21. The predicted molar refractivity (Wildman–Crippen MR) is 75.3 cm³/mol. The molecule has 3 N–H and O–H groups in total. The van der Waals surface area contributed by atoms with Crippen LogP contribution in [0.3, 0.4) is 0 Å². The Morgan fingerprint density at radius 2 is 1.92 bits per heavy atom. The first-order chi connectivity index (χ1) is 11.2. The minimum absolute atomic E-state index is 0.155. The van der Waals surface area contributed by atoms with Crippen molar-refractivity contribution in [2.45, 2.75) is 12.2 Å². The van der Waals surface area contributed by atoms with Gasteiger partial charge in [-0.1, -0.05) is 6.07 Å². The number of carbonyl (C=O) groups is 3. The molecule has 130 valence electrons. The third-order valence-corrected chi connectivity index (χ3v) is 3.38. The molecule has 1 heterocycles. The van der Waals surface area contributed by atoms with Crippen LogP contribution in [0, 0.1) is 0 Å². The number of alkyl halides is 3. The van der Waals surface area contributed by atoms with E-state index < -0.39 is 36.2 Å². The monoisotopic (exact) mass is 345 g/mol. The Labute approximate surface area is 134 Å². The largest absolute Gasteiger partial charge is 0.465 e. The molecular formula is C14H14F3N3O4. The van der Waals surface area contributed by atoms with Gasteiger partial charge in [0.15, 0.2) is 0 Å². The number of likely N-dealkylation sites (tertiary alicyclic amines) is 1. The predicted octanol–water partition coefficient (Wildman–Crippen LogP) is 0.914. The fraction of sp³-hybridized carbons (Fsp3) is 0.357. The number of hydrogen-bond acceptors (Lipinski definition) is 3. The zero-order chi connectivity index (χ0) is 17.9. The van der Waals surface area contributed by atoms with Gasteiger partial charge >= 0.3 is 12.3 Å². The summed E-state index contributed by atoms with van der Waals surface area (Å²) in [5.41, 5.74) is -1.17. The average Bonchev–Trinajstić information content (AvgIpc) is 2.47. The molecule has 0 aromatic heterocycles. The zero-order valence-electron chi connectivity index (χ0n) is 12.3. The summed E-state index contributed by atoms with van der Waals surface area (Å²) >= 11 is 0. The summed E-state index contributed by atoms with van der Waals surface area (Å²) in [7, 11) is 0. The fourth-order valence-electron chi connectivity index (χ4n) is 2.10. The summed E-state index contributed by atoms with van der Waals surface area (Å²) in [4.78, 5) is 35.1. The van der Waals surface area contributed by atoms with Crippen molar-refractivity contribution in [1.82, 2.24) is 15.5 Å². The van der Waals surface area contributed by atoms with Crippen molar-refractivity contribution >= 4 is 17.9 Å². The standard InChI is InChI=1S/C14H14F3N3O4/c15-14(16,17)9-3-1-2-8(4-9)12(22)18-5-11(21)19-10-6-20(7-10)13(23)24/h1-4,10H,5-7H2,(H,18,22)(H,19,21)(H,23,24). The number of rotatable bonds is 4. The third-order valence-electron chi connectivity index (χ3n) is 3.38. The quantitative estimate of drug-likeness (QED) is 0.755. The van der Waals surface area contributed by atoms with Crippen LogP contribution in [-0.2, 0) is 11.0 Å². The fourth-order valence-corrected chi connectivity index (χ4v) is 2.10. The van der Waals surface area contributed by atoms with Gasteiger partial charge in [-0.3, -0.25) is 9.59 Å². The van der Waals surface area contributed by atoms with Gasteiger partial charge in [0.05, 0.1) is 18.2 Å². The molecule has 2 rings (SSSR count). The van der Waals surface area contributed by atoms with Gasteiger partial charge in [0.25, 0.3) is 5.91 Å². The van der Waals surface area contributed by atoms with Crippen molar-refractivity contribution in [2.75, 3.05) is 19.6 Å². The Bertz CT molecular complexity index is 657. The van der Waals surface area contributed by atoms with E-state index in [0.29, 0.717) is 6.07 Å². The van der Waals surface area contributed by atoms with Crippen molar-refractivity contribution in [3.05, 3.63) is 35.4 Å². The highest BCUT2D eigenvalue weighted by Crippen LogP contribution is 2.29. The van der Waals surface area contributed by atoms with Crippen LogP contribution >= 0.6 is 0 Å². The van der Waals surface area contributed by atoms with Crippen LogP contribution in [0.5, 0.6) is 0 Å². The molecule has 0 saturated carbocycles. The number of nitrogens with one attached hydrogen (secondary N) is 2. The van der Waals surface area contributed by atoms with E-state index in [-0.39, 0.29) is 24.7 Å². The molecule has 1 aliphatic heterocycles. The number of benzene rings is 1. The maximum Gasteiger partial charge on any atom is 0.416 e. The molecule has 1 aliphatic rings. The first-order valence-electron chi connectivity index (χ1n) is 6.89. The summed E-state index contributed by atoms with van der Waals surface area (Å²) in [6.07, 6.45) is -5.65. The highest BCUT2D eigenvalue weighted by atomic mass is 19.4. The smallest absolute Gasteiger partial charge is 0.416 e. The van der Waals surface area contributed by atoms with Crippen LogP contribution < -0.4 is 10.6 Å². The lowest BCUT2D eigenvalue weighted by Gasteiger charge is -2.37. The molecule has 1 aromatic carbocycles. The number of hydrogen-bond donors (Lipinski definition) is 3. The van der Waals surface area contributed by atoms with Gasteiger partial charge in [-0.05, 0) is 18.2 Å². The molecule has 1 fully saturated rings. The Morgan fingerprint density at radius 3 is 2.50 bits per heavy atom. The van der Waals surface area contributed by atoms with Gasteiger partial charge < -0.3 is 20.6 Å². The molecule has 0 atom stereocenters. The van der Waals surface area contributed by atoms with E-state index in [1.165, 1.54) is 6.07 Å². The van der Waals surface area contributed by atoms with Crippen molar-refractivity contribution in [3.63, 3.8) is 0 Å². The van der Waals surface area contributed by atoms with E-state index in [9.17, 15) is 27.6 Å². The van der Waals surface area contributed by atoms with Crippen molar-refractivity contribution < 1.29 is 32.7 Å². The van der Waals surface area contributed by atoms with Crippen LogP contribution in [-0.4, -0.2) is 53.6 Å². The lowest BCUT2D eigenvalue weighted by Crippen LogP contribution is -2.61. The molecule has 7 nitrogen and oxygen atoms in total.